The third-order valence-electron chi connectivity index (χ3n) is 3.11. The summed E-state index contributed by atoms with van der Waals surface area (Å²) in [5, 5.41) is 7.69. The van der Waals surface area contributed by atoms with E-state index in [0.29, 0.717) is 12.1 Å². The first kappa shape index (κ1) is 15.7. The molecule has 0 unspecified atom stereocenters. The number of nitrogens with zero attached hydrogens (tertiary/aromatic N) is 2. The number of hydrogen-bond acceptors (Lipinski definition) is 3. The molecule has 1 aromatic heterocycles. The molecule has 3 N–H and O–H groups in total. The highest BCUT2D eigenvalue weighted by Crippen LogP contribution is 2.28. The average molecular weight is 327 g/mol. The highest BCUT2D eigenvalue weighted by Gasteiger charge is 2.12. The first-order valence-electron chi connectivity index (χ1n) is 6.46. The molecule has 1 heterocycles. The van der Waals surface area contributed by atoms with Crippen LogP contribution in [0.15, 0.2) is 18.3 Å². The van der Waals surface area contributed by atoms with Gasteiger partial charge in [0, 0.05) is 30.9 Å². The summed E-state index contributed by atoms with van der Waals surface area (Å²) in [6, 6.07) is 3.00. The molecule has 5 nitrogen and oxygen atoms in total. The van der Waals surface area contributed by atoms with Gasteiger partial charge in [-0.2, -0.15) is 5.10 Å². The number of nitrogens with one attached hydrogen (secondary N) is 1. The minimum absolute atomic E-state index is 0.260. The van der Waals surface area contributed by atoms with E-state index in [0.717, 1.165) is 17.7 Å². The fourth-order valence-electron chi connectivity index (χ4n) is 2.02. The standard InChI is InChI=1S/C14H16Cl2N4O/c1-3-12-9(7-20(2)19-12)6-18-14(21)8-4-10(15)13(17)11(16)5-8/h4-5,7H,3,6,17H2,1-2H3,(H,18,21). The Morgan fingerprint density at radius 2 is 2.00 bits per heavy atom. The van der Waals surface area contributed by atoms with Crippen LogP contribution in [0, 0.1) is 0 Å². The summed E-state index contributed by atoms with van der Waals surface area (Å²) in [4.78, 5) is 12.1. The molecule has 0 aliphatic heterocycles. The molecule has 21 heavy (non-hydrogen) atoms. The topological polar surface area (TPSA) is 72.9 Å². The van der Waals surface area contributed by atoms with Gasteiger partial charge in [0.25, 0.3) is 5.91 Å². The lowest BCUT2D eigenvalue weighted by molar-refractivity contribution is 0.0951. The van der Waals surface area contributed by atoms with Crippen LogP contribution in [0.25, 0.3) is 0 Å². The number of carbonyl (C=O) groups excluding carboxylic acids is 1. The smallest absolute Gasteiger partial charge is 0.251 e. The van der Waals surface area contributed by atoms with Crippen LogP contribution in [-0.2, 0) is 20.0 Å². The van der Waals surface area contributed by atoms with Gasteiger partial charge in [0.15, 0.2) is 0 Å². The maximum Gasteiger partial charge on any atom is 0.251 e. The molecule has 2 aromatic rings. The molecule has 0 aliphatic rings. The number of nitrogens with two attached hydrogens (primary N) is 1. The van der Waals surface area contributed by atoms with E-state index in [2.05, 4.69) is 10.4 Å². The van der Waals surface area contributed by atoms with Crippen molar-refractivity contribution < 1.29 is 4.79 Å². The van der Waals surface area contributed by atoms with Crippen molar-refractivity contribution in [2.24, 2.45) is 7.05 Å². The molecule has 0 radical (unpaired) electrons. The zero-order valence-corrected chi connectivity index (χ0v) is 13.3. The summed E-state index contributed by atoms with van der Waals surface area (Å²) >= 11 is 11.9. The quantitative estimate of drug-likeness (QED) is 0.848. The van der Waals surface area contributed by atoms with Gasteiger partial charge in [0.2, 0.25) is 0 Å². The second-order valence-corrected chi connectivity index (χ2v) is 5.48. The Labute approximate surface area is 133 Å². The second kappa shape index (κ2) is 6.37. The summed E-state index contributed by atoms with van der Waals surface area (Å²) in [6.45, 7) is 2.42. The molecule has 112 valence electrons. The molecule has 0 fully saturated rings. The summed E-state index contributed by atoms with van der Waals surface area (Å²) in [5.41, 5.74) is 8.25. The summed E-state index contributed by atoms with van der Waals surface area (Å²) in [5.74, 6) is -0.260. The lowest BCUT2D eigenvalue weighted by Crippen LogP contribution is -2.23. The second-order valence-electron chi connectivity index (χ2n) is 4.66. The molecular formula is C14H16Cl2N4O. The maximum atomic E-state index is 12.1. The predicted molar refractivity (Wildman–Crippen MR) is 84.6 cm³/mol. The first-order valence-corrected chi connectivity index (χ1v) is 7.22. The lowest BCUT2D eigenvalue weighted by atomic mass is 10.1. The van der Waals surface area contributed by atoms with Crippen molar-refractivity contribution in [3.05, 3.63) is 45.2 Å². The molecule has 0 saturated carbocycles. The van der Waals surface area contributed by atoms with Crippen LogP contribution < -0.4 is 11.1 Å². The number of benzene rings is 1. The van der Waals surface area contributed by atoms with Crippen molar-refractivity contribution in [2.45, 2.75) is 19.9 Å². The van der Waals surface area contributed by atoms with Crippen LogP contribution in [0.2, 0.25) is 10.0 Å². The van der Waals surface area contributed by atoms with Gasteiger partial charge < -0.3 is 11.1 Å². The Bertz CT molecular complexity index is 659. The van der Waals surface area contributed by atoms with E-state index in [9.17, 15) is 4.79 Å². The summed E-state index contributed by atoms with van der Waals surface area (Å²) in [7, 11) is 1.85. The highest BCUT2D eigenvalue weighted by molar-refractivity contribution is 6.39. The minimum atomic E-state index is -0.260. The van der Waals surface area contributed by atoms with Gasteiger partial charge in [-0.25, -0.2) is 0 Å². The van der Waals surface area contributed by atoms with Crippen LogP contribution in [0.1, 0.15) is 28.5 Å². The van der Waals surface area contributed by atoms with E-state index in [4.69, 9.17) is 28.9 Å². The van der Waals surface area contributed by atoms with E-state index < -0.39 is 0 Å². The molecule has 7 heteroatoms. The van der Waals surface area contributed by atoms with Crippen LogP contribution in [0.5, 0.6) is 0 Å². The molecule has 2 rings (SSSR count). The molecule has 1 amide bonds. The maximum absolute atomic E-state index is 12.1. The number of aryl methyl sites for hydroxylation is 2. The van der Waals surface area contributed by atoms with Gasteiger partial charge in [0.05, 0.1) is 21.4 Å². The monoisotopic (exact) mass is 326 g/mol. The first-order chi connectivity index (χ1) is 9.92. The van der Waals surface area contributed by atoms with Crippen molar-refractivity contribution in [2.75, 3.05) is 5.73 Å². The van der Waals surface area contributed by atoms with Crippen molar-refractivity contribution in [3.8, 4) is 0 Å². The number of amides is 1. The Morgan fingerprint density at radius 3 is 2.57 bits per heavy atom. The Morgan fingerprint density at radius 1 is 1.38 bits per heavy atom. The van der Waals surface area contributed by atoms with E-state index in [1.165, 1.54) is 12.1 Å². The molecule has 0 aliphatic carbocycles. The average Bonchev–Trinajstić information content (AvgIpc) is 2.81. The van der Waals surface area contributed by atoms with Gasteiger partial charge in [-0.3, -0.25) is 9.48 Å². The number of carbonyl (C=O) groups is 1. The molecule has 0 spiro atoms. The zero-order valence-electron chi connectivity index (χ0n) is 11.8. The SMILES string of the molecule is CCc1nn(C)cc1CNC(=O)c1cc(Cl)c(N)c(Cl)c1. The molecule has 0 atom stereocenters. The van der Waals surface area contributed by atoms with Gasteiger partial charge >= 0.3 is 0 Å². The predicted octanol–water partition coefficient (Wildman–Crippen LogP) is 2.80. The third-order valence-corrected chi connectivity index (χ3v) is 3.73. The van der Waals surface area contributed by atoms with E-state index in [1.807, 2.05) is 20.2 Å². The fraction of sp³-hybridized carbons (Fsp3) is 0.286. The molecule has 1 aromatic carbocycles. The van der Waals surface area contributed by atoms with Crippen molar-refractivity contribution in [3.63, 3.8) is 0 Å². The molecule has 0 saturated heterocycles. The zero-order chi connectivity index (χ0) is 15.6. The largest absolute Gasteiger partial charge is 0.396 e. The lowest BCUT2D eigenvalue weighted by Gasteiger charge is -2.08. The normalized spacial score (nSPS) is 10.7. The fourth-order valence-corrected chi connectivity index (χ4v) is 2.51. The van der Waals surface area contributed by atoms with Crippen LogP contribution in [-0.4, -0.2) is 15.7 Å². The Hall–Kier alpha value is -1.72. The van der Waals surface area contributed by atoms with Gasteiger partial charge in [-0.05, 0) is 18.6 Å². The number of rotatable bonds is 4. The Kier molecular flexibility index (Phi) is 4.75. The number of halogens is 2. The van der Waals surface area contributed by atoms with Crippen LogP contribution >= 0.6 is 23.2 Å². The van der Waals surface area contributed by atoms with Crippen LogP contribution in [0.3, 0.4) is 0 Å². The molecular weight excluding hydrogens is 311 g/mol. The number of aromatic nitrogens is 2. The van der Waals surface area contributed by atoms with Gasteiger partial charge in [-0.15, -0.1) is 0 Å². The number of nitrogen functional groups attached to an aromatic ring is 1. The van der Waals surface area contributed by atoms with Crippen molar-refractivity contribution >= 4 is 34.8 Å². The third kappa shape index (κ3) is 3.49. The highest BCUT2D eigenvalue weighted by atomic mass is 35.5. The van der Waals surface area contributed by atoms with Crippen LogP contribution in [0.4, 0.5) is 5.69 Å². The number of hydrogen-bond donors (Lipinski definition) is 2. The van der Waals surface area contributed by atoms with E-state index >= 15 is 0 Å². The minimum Gasteiger partial charge on any atom is -0.396 e. The molecule has 0 bridgehead atoms. The van der Waals surface area contributed by atoms with E-state index in [-0.39, 0.29) is 21.6 Å². The van der Waals surface area contributed by atoms with Gasteiger partial charge in [0.1, 0.15) is 0 Å². The van der Waals surface area contributed by atoms with Crippen molar-refractivity contribution in [1.82, 2.24) is 15.1 Å². The van der Waals surface area contributed by atoms with Crippen molar-refractivity contribution in [1.29, 1.82) is 0 Å². The Balaban J connectivity index is 2.11. The van der Waals surface area contributed by atoms with Gasteiger partial charge in [-0.1, -0.05) is 30.1 Å². The van der Waals surface area contributed by atoms with E-state index in [1.54, 1.807) is 4.68 Å². The summed E-state index contributed by atoms with van der Waals surface area (Å²) < 4.78 is 1.73. The summed E-state index contributed by atoms with van der Waals surface area (Å²) in [6.07, 6.45) is 2.70. The number of anilines is 1.